The van der Waals surface area contributed by atoms with E-state index in [0.717, 1.165) is 0 Å². The number of esters is 1. The first kappa shape index (κ1) is 16.8. The number of ether oxygens (including phenoxy) is 3. The molecule has 2 aromatic rings. The third-order valence-corrected chi connectivity index (χ3v) is 3.59. The van der Waals surface area contributed by atoms with E-state index >= 15 is 0 Å². The molecule has 1 amide bonds. The molecule has 0 fully saturated rings. The largest absolute Gasteiger partial charge is 0.454 e. The third kappa shape index (κ3) is 3.73. The molecule has 1 N–H and O–H groups in total. The maximum absolute atomic E-state index is 12.4. The van der Waals surface area contributed by atoms with E-state index in [0.29, 0.717) is 17.3 Å². The van der Waals surface area contributed by atoms with Crippen LogP contribution in [0.4, 0.5) is 5.82 Å². The van der Waals surface area contributed by atoms with Crippen molar-refractivity contribution in [3.8, 4) is 11.5 Å². The molecule has 1 atom stereocenters. The highest BCUT2D eigenvalue weighted by molar-refractivity contribution is 5.97. The molecule has 0 saturated carbocycles. The number of rotatable bonds is 5. The molecule has 1 aromatic carbocycles. The molecule has 25 heavy (non-hydrogen) atoms. The van der Waals surface area contributed by atoms with E-state index in [1.807, 2.05) is 0 Å². The fraction of sp³-hybridized carbons (Fsp3) is 0.353. The molecule has 3 rings (SSSR count). The molecule has 1 aliphatic rings. The van der Waals surface area contributed by atoms with Gasteiger partial charge >= 0.3 is 5.97 Å². The summed E-state index contributed by atoms with van der Waals surface area (Å²) < 4.78 is 20.7. The van der Waals surface area contributed by atoms with Crippen molar-refractivity contribution in [2.75, 3.05) is 12.1 Å². The number of carbonyl (C=O) groups excluding carboxylic acids is 2. The van der Waals surface area contributed by atoms with Gasteiger partial charge in [-0.05, 0) is 31.0 Å². The first-order valence-corrected chi connectivity index (χ1v) is 7.79. The molecule has 1 aromatic heterocycles. The lowest BCUT2D eigenvalue weighted by atomic mass is 10.1. The van der Waals surface area contributed by atoms with Gasteiger partial charge in [0.1, 0.15) is 5.76 Å². The monoisotopic (exact) mass is 346 g/mol. The summed E-state index contributed by atoms with van der Waals surface area (Å²) in [6, 6.07) is 6.30. The first-order chi connectivity index (χ1) is 11.9. The number of carbonyl (C=O) groups is 2. The Morgan fingerprint density at radius 2 is 1.96 bits per heavy atom. The van der Waals surface area contributed by atoms with Crippen LogP contribution in [0.1, 0.15) is 30.0 Å². The molecule has 2 heterocycles. The maximum atomic E-state index is 12.4. The van der Waals surface area contributed by atoms with Crippen LogP contribution in [0.3, 0.4) is 0 Å². The quantitative estimate of drug-likeness (QED) is 0.830. The summed E-state index contributed by atoms with van der Waals surface area (Å²) in [4.78, 5) is 24.8. The van der Waals surface area contributed by atoms with Gasteiger partial charge in [-0.1, -0.05) is 19.0 Å². The van der Waals surface area contributed by atoms with Crippen molar-refractivity contribution in [1.29, 1.82) is 0 Å². The number of anilines is 1. The first-order valence-electron chi connectivity index (χ1n) is 7.79. The minimum atomic E-state index is -0.977. The van der Waals surface area contributed by atoms with Gasteiger partial charge in [-0.25, -0.2) is 4.79 Å². The van der Waals surface area contributed by atoms with Crippen molar-refractivity contribution in [3.63, 3.8) is 0 Å². The van der Waals surface area contributed by atoms with Crippen molar-refractivity contribution in [3.05, 3.63) is 35.6 Å². The van der Waals surface area contributed by atoms with E-state index in [2.05, 4.69) is 10.5 Å². The van der Waals surface area contributed by atoms with Crippen LogP contribution < -0.4 is 14.8 Å². The number of benzene rings is 1. The van der Waals surface area contributed by atoms with E-state index in [4.69, 9.17) is 18.7 Å². The highest BCUT2D eigenvalue weighted by atomic mass is 16.7. The number of hydrogen-bond donors (Lipinski definition) is 1. The van der Waals surface area contributed by atoms with Gasteiger partial charge in [0.25, 0.3) is 5.91 Å². The number of nitrogens with zero attached hydrogens (tertiary/aromatic N) is 1. The maximum Gasteiger partial charge on any atom is 0.339 e. The Balaban J connectivity index is 1.70. The smallest absolute Gasteiger partial charge is 0.339 e. The number of aryl methyl sites for hydroxylation is 1. The Morgan fingerprint density at radius 1 is 1.20 bits per heavy atom. The van der Waals surface area contributed by atoms with Gasteiger partial charge in [-0.3, -0.25) is 4.79 Å². The Hall–Kier alpha value is -3.03. The van der Waals surface area contributed by atoms with Crippen LogP contribution in [0.2, 0.25) is 0 Å². The molecule has 0 spiro atoms. The third-order valence-electron chi connectivity index (χ3n) is 3.59. The minimum absolute atomic E-state index is 0.113. The van der Waals surface area contributed by atoms with Gasteiger partial charge in [-0.2, -0.15) is 0 Å². The molecular formula is C17H18N2O6. The second-order valence-corrected chi connectivity index (χ2v) is 5.95. The summed E-state index contributed by atoms with van der Waals surface area (Å²) in [5.41, 5.74) is 0.278. The lowest BCUT2D eigenvalue weighted by Crippen LogP contribution is -2.36. The van der Waals surface area contributed by atoms with Crippen molar-refractivity contribution in [2.45, 2.75) is 26.9 Å². The van der Waals surface area contributed by atoms with Gasteiger partial charge in [0, 0.05) is 6.07 Å². The van der Waals surface area contributed by atoms with Crippen LogP contribution in [-0.4, -0.2) is 29.9 Å². The highest BCUT2D eigenvalue weighted by Gasteiger charge is 2.28. The van der Waals surface area contributed by atoms with Crippen molar-refractivity contribution in [2.24, 2.45) is 5.92 Å². The zero-order valence-electron chi connectivity index (χ0n) is 14.1. The Kier molecular flexibility index (Phi) is 4.60. The van der Waals surface area contributed by atoms with E-state index in [1.54, 1.807) is 39.0 Å². The van der Waals surface area contributed by atoms with Crippen molar-refractivity contribution >= 4 is 17.7 Å². The van der Waals surface area contributed by atoms with E-state index in [1.165, 1.54) is 6.07 Å². The number of hydrogen-bond acceptors (Lipinski definition) is 7. The van der Waals surface area contributed by atoms with Crippen LogP contribution in [0.5, 0.6) is 11.5 Å². The standard InChI is InChI=1S/C17H18N2O6/c1-9(2)15(16(20)18-14-6-10(3)25-19-14)24-17(21)11-4-5-12-13(7-11)23-8-22-12/h4-7,9,15H,8H2,1-3H3,(H,18,19,20)/t15-/m1/s1. The average Bonchev–Trinajstić information content (AvgIpc) is 3.19. The molecule has 0 saturated heterocycles. The molecule has 0 radical (unpaired) electrons. The molecule has 132 valence electrons. The van der Waals surface area contributed by atoms with Gasteiger partial charge < -0.3 is 24.1 Å². The number of amides is 1. The summed E-state index contributed by atoms with van der Waals surface area (Å²) in [5, 5.41) is 6.27. The summed E-state index contributed by atoms with van der Waals surface area (Å²) in [6.07, 6.45) is -0.977. The lowest BCUT2D eigenvalue weighted by molar-refractivity contribution is -0.126. The predicted octanol–water partition coefficient (Wildman–Crippen LogP) is 2.53. The fourth-order valence-corrected chi connectivity index (χ4v) is 2.32. The predicted molar refractivity (Wildman–Crippen MR) is 86.5 cm³/mol. The molecule has 8 nitrogen and oxygen atoms in total. The molecule has 0 bridgehead atoms. The van der Waals surface area contributed by atoms with Crippen molar-refractivity contribution < 1.29 is 28.3 Å². The number of fused-ring (bicyclic) bond motifs is 1. The normalized spacial score (nSPS) is 13.6. The minimum Gasteiger partial charge on any atom is -0.454 e. The molecule has 0 aliphatic carbocycles. The summed E-state index contributed by atoms with van der Waals surface area (Å²) in [6.45, 7) is 5.39. The average molecular weight is 346 g/mol. The fourth-order valence-electron chi connectivity index (χ4n) is 2.32. The van der Waals surface area contributed by atoms with Crippen LogP contribution >= 0.6 is 0 Å². The van der Waals surface area contributed by atoms with Gasteiger partial charge in [0.2, 0.25) is 6.79 Å². The lowest BCUT2D eigenvalue weighted by Gasteiger charge is -2.20. The zero-order valence-corrected chi connectivity index (χ0v) is 14.1. The molecule has 0 unspecified atom stereocenters. The topological polar surface area (TPSA) is 99.9 Å². The van der Waals surface area contributed by atoms with Crippen LogP contribution in [0, 0.1) is 12.8 Å². The second-order valence-electron chi connectivity index (χ2n) is 5.95. The van der Waals surface area contributed by atoms with Crippen molar-refractivity contribution in [1.82, 2.24) is 5.16 Å². The highest BCUT2D eigenvalue weighted by Crippen LogP contribution is 2.32. The van der Waals surface area contributed by atoms with E-state index in [9.17, 15) is 9.59 Å². The molecule has 8 heteroatoms. The Labute approximate surface area is 144 Å². The van der Waals surface area contributed by atoms with Crippen LogP contribution in [0.15, 0.2) is 28.8 Å². The Morgan fingerprint density at radius 3 is 2.64 bits per heavy atom. The molecular weight excluding hydrogens is 328 g/mol. The van der Waals surface area contributed by atoms with Crippen LogP contribution in [0.25, 0.3) is 0 Å². The summed E-state index contributed by atoms with van der Waals surface area (Å²) >= 11 is 0. The van der Waals surface area contributed by atoms with Gasteiger partial charge in [0.15, 0.2) is 23.4 Å². The SMILES string of the molecule is Cc1cc(NC(=O)[C@H](OC(=O)c2ccc3c(c2)OCO3)C(C)C)no1. The zero-order chi connectivity index (χ0) is 18.0. The van der Waals surface area contributed by atoms with Crippen LogP contribution in [-0.2, 0) is 9.53 Å². The summed E-state index contributed by atoms with van der Waals surface area (Å²) in [7, 11) is 0. The Bertz CT molecular complexity index is 798. The van der Waals surface area contributed by atoms with E-state index < -0.39 is 18.0 Å². The second kappa shape index (κ2) is 6.84. The number of nitrogens with one attached hydrogen (secondary N) is 1. The van der Waals surface area contributed by atoms with Gasteiger partial charge in [0.05, 0.1) is 5.56 Å². The molecule has 1 aliphatic heterocycles. The number of aromatic nitrogens is 1. The summed E-state index contributed by atoms with van der Waals surface area (Å²) in [5.74, 6) is 0.544. The van der Waals surface area contributed by atoms with E-state index in [-0.39, 0.29) is 24.1 Å². The van der Waals surface area contributed by atoms with Gasteiger partial charge in [-0.15, -0.1) is 0 Å².